The van der Waals surface area contributed by atoms with Gasteiger partial charge in [-0.3, -0.25) is 14.4 Å². The maximum Gasteiger partial charge on any atom is 0.253 e. The molecule has 0 bridgehead atoms. The molecular weight excluding hydrogens is 368 g/mol. The number of nitrogens with zero attached hydrogens (tertiary/aromatic N) is 1. The molecule has 1 aliphatic heterocycles. The van der Waals surface area contributed by atoms with Crippen LogP contribution in [0.3, 0.4) is 0 Å². The smallest absolute Gasteiger partial charge is 0.253 e. The minimum absolute atomic E-state index is 0.0761. The van der Waals surface area contributed by atoms with E-state index in [0.717, 1.165) is 16.8 Å². The number of carbonyl (C=O) groups is 3. The molecule has 152 valence electrons. The van der Waals surface area contributed by atoms with Crippen LogP contribution in [0.5, 0.6) is 0 Å². The molecule has 0 radical (unpaired) electrons. The molecule has 2 aromatic carbocycles. The molecule has 3 amide bonds. The molecule has 1 unspecified atom stereocenters. The highest BCUT2D eigenvalue weighted by atomic mass is 16.2. The summed E-state index contributed by atoms with van der Waals surface area (Å²) in [6.07, 6.45) is 0.140. The van der Waals surface area contributed by atoms with Gasteiger partial charge in [-0.15, -0.1) is 0 Å². The highest BCUT2D eigenvalue weighted by Gasteiger charge is 2.36. The first-order valence-corrected chi connectivity index (χ1v) is 9.67. The van der Waals surface area contributed by atoms with E-state index in [9.17, 15) is 14.4 Å². The van der Waals surface area contributed by atoms with Crippen LogP contribution in [0.1, 0.15) is 27.9 Å². The molecule has 29 heavy (non-hydrogen) atoms. The zero-order valence-electron chi connectivity index (χ0n) is 16.7. The van der Waals surface area contributed by atoms with E-state index in [1.165, 1.54) is 0 Å². The maximum atomic E-state index is 12.8. The summed E-state index contributed by atoms with van der Waals surface area (Å²) in [4.78, 5) is 39.4. The van der Waals surface area contributed by atoms with E-state index < -0.39 is 5.92 Å². The number of aryl methyl sites for hydroxylation is 1. The standard InChI is InChI=1S/C22H26N4O3/c1-14-6-5-9-19(15(14)2)26-13-16(12-20(26)27)21(28)25-18-8-4-3-7-17(18)22(29)24-11-10-23/h3-9,16H,10-13,23H2,1-2H3,(H,24,29)(H,25,28). The van der Waals surface area contributed by atoms with Crippen molar-refractivity contribution in [1.29, 1.82) is 0 Å². The SMILES string of the molecule is Cc1cccc(N2CC(C(=O)Nc3ccccc3C(=O)NCCN)CC2=O)c1C. The van der Waals surface area contributed by atoms with Crippen molar-refractivity contribution in [2.45, 2.75) is 20.3 Å². The molecule has 1 atom stereocenters. The number of benzene rings is 2. The number of nitrogens with two attached hydrogens (primary N) is 1. The average molecular weight is 394 g/mol. The van der Waals surface area contributed by atoms with Gasteiger partial charge in [0.15, 0.2) is 0 Å². The second-order valence-electron chi connectivity index (χ2n) is 7.20. The van der Waals surface area contributed by atoms with Crippen LogP contribution in [0.25, 0.3) is 0 Å². The molecule has 2 aromatic rings. The van der Waals surface area contributed by atoms with E-state index >= 15 is 0 Å². The third-order valence-electron chi connectivity index (χ3n) is 5.22. The maximum absolute atomic E-state index is 12.8. The molecule has 0 aliphatic carbocycles. The molecule has 0 saturated carbocycles. The Morgan fingerprint density at radius 3 is 2.66 bits per heavy atom. The summed E-state index contributed by atoms with van der Waals surface area (Å²) < 4.78 is 0. The van der Waals surface area contributed by atoms with Crippen molar-refractivity contribution < 1.29 is 14.4 Å². The number of para-hydroxylation sites is 1. The Hall–Kier alpha value is -3.19. The molecule has 1 saturated heterocycles. The molecule has 3 rings (SSSR count). The number of hydrogen-bond donors (Lipinski definition) is 3. The summed E-state index contributed by atoms with van der Waals surface area (Å²) in [6.45, 7) is 4.97. The fourth-order valence-electron chi connectivity index (χ4n) is 3.45. The van der Waals surface area contributed by atoms with Crippen LogP contribution >= 0.6 is 0 Å². The van der Waals surface area contributed by atoms with Crippen molar-refractivity contribution in [3.63, 3.8) is 0 Å². The molecule has 7 nitrogen and oxygen atoms in total. The lowest BCUT2D eigenvalue weighted by molar-refractivity contribution is -0.122. The summed E-state index contributed by atoms with van der Waals surface area (Å²) in [5.41, 5.74) is 9.18. The molecule has 7 heteroatoms. The van der Waals surface area contributed by atoms with Crippen molar-refractivity contribution in [2.24, 2.45) is 11.7 Å². The number of nitrogens with one attached hydrogen (secondary N) is 2. The van der Waals surface area contributed by atoms with E-state index in [4.69, 9.17) is 5.73 Å². The van der Waals surface area contributed by atoms with Gasteiger partial charge < -0.3 is 21.3 Å². The van der Waals surface area contributed by atoms with Gasteiger partial charge in [-0.25, -0.2) is 0 Å². The summed E-state index contributed by atoms with van der Waals surface area (Å²) in [5, 5.41) is 5.52. The molecular formula is C22H26N4O3. The Morgan fingerprint density at radius 1 is 1.14 bits per heavy atom. The van der Waals surface area contributed by atoms with Crippen LogP contribution in [0.2, 0.25) is 0 Å². The van der Waals surface area contributed by atoms with E-state index in [-0.39, 0.29) is 24.1 Å². The second-order valence-corrected chi connectivity index (χ2v) is 7.20. The first-order valence-electron chi connectivity index (χ1n) is 9.67. The lowest BCUT2D eigenvalue weighted by atomic mass is 10.1. The van der Waals surface area contributed by atoms with Gasteiger partial charge in [-0.2, -0.15) is 0 Å². The highest BCUT2D eigenvalue weighted by Crippen LogP contribution is 2.30. The fraction of sp³-hybridized carbons (Fsp3) is 0.318. The average Bonchev–Trinajstić information content (AvgIpc) is 3.10. The number of carbonyl (C=O) groups excluding carboxylic acids is 3. The molecule has 0 spiro atoms. The second kappa shape index (κ2) is 8.87. The van der Waals surface area contributed by atoms with E-state index in [0.29, 0.717) is 30.9 Å². The minimum Gasteiger partial charge on any atom is -0.351 e. The topological polar surface area (TPSA) is 105 Å². The molecule has 1 fully saturated rings. The van der Waals surface area contributed by atoms with Crippen molar-refractivity contribution in [3.8, 4) is 0 Å². The molecule has 0 aromatic heterocycles. The molecule has 1 heterocycles. The van der Waals surface area contributed by atoms with E-state index in [1.807, 2.05) is 32.0 Å². The quantitative estimate of drug-likeness (QED) is 0.697. The van der Waals surface area contributed by atoms with Gasteiger partial charge in [0, 0.05) is 31.7 Å². The van der Waals surface area contributed by atoms with Crippen LogP contribution in [0.15, 0.2) is 42.5 Å². The first-order chi connectivity index (χ1) is 13.9. The minimum atomic E-state index is -0.484. The molecule has 4 N–H and O–H groups in total. The Bertz CT molecular complexity index is 941. The Morgan fingerprint density at radius 2 is 1.90 bits per heavy atom. The van der Waals surface area contributed by atoms with E-state index in [1.54, 1.807) is 29.2 Å². The summed E-state index contributed by atoms with van der Waals surface area (Å²) in [6, 6.07) is 12.6. The van der Waals surface area contributed by atoms with Crippen molar-refractivity contribution >= 4 is 29.1 Å². The van der Waals surface area contributed by atoms with Crippen molar-refractivity contribution in [2.75, 3.05) is 29.9 Å². The lowest BCUT2D eigenvalue weighted by Gasteiger charge is -2.20. The first kappa shape index (κ1) is 20.5. The fourth-order valence-corrected chi connectivity index (χ4v) is 3.45. The van der Waals surface area contributed by atoms with Gasteiger partial charge in [-0.1, -0.05) is 24.3 Å². The van der Waals surface area contributed by atoms with Crippen LogP contribution in [0.4, 0.5) is 11.4 Å². The number of hydrogen-bond acceptors (Lipinski definition) is 4. The summed E-state index contributed by atoms with van der Waals surface area (Å²) >= 11 is 0. The van der Waals surface area contributed by atoms with Gasteiger partial charge in [0.1, 0.15) is 0 Å². The predicted octanol–water partition coefficient (Wildman–Crippen LogP) is 1.98. The largest absolute Gasteiger partial charge is 0.351 e. The van der Waals surface area contributed by atoms with Gasteiger partial charge in [0.25, 0.3) is 5.91 Å². The van der Waals surface area contributed by atoms with Crippen LogP contribution < -0.4 is 21.3 Å². The van der Waals surface area contributed by atoms with Gasteiger partial charge in [0.05, 0.1) is 17.2 Å². The zero-order valence-corrected chi connectivity index (χ0v) is 16.7. The summed E-state index contributed by atoms with van der Waals surface area (Å²) in [7, 11) is 0. The monoisotopic (exact) mass is 394 g/mol. The van der Waals surface area contributed by atoms with Crippen LogP contribution in [0, 0.1) is 19.8 Å². The summed E-state index contributed by atoms with van der Waals surface area (Å²) in [5.74, 6) is -1.13. The number of amides is 3. The Kier molecular flexibility index (Phi) is 6.29. The lowest BCUT2D eigenvalue weighted by Crippen LogP contribution is -2.31. The predicted molar refractivity (Wildman–Crippen MR) is 113 cm³/mol. The van der Waals surface area contributed by atoms with Crippen molar-refractivity contribution in [1.82, 2.24) is 5.32 Å². The Labute approximate surface area is 170 Å². The van der Waals surface area contributed by atoms with Gasteiger partial charge >= 0.3 is 0 Å². The third kappa shape index (κ3) is 4.46. The number of rotatable bonds is 6. The highest BCUT2D eigenvalue weighted by molar-refractivity contribution is 6.07. The number of anilines is 2. The van der Waals surface area contributed by atoms with Gasteiger partial charge in [0.2, 0.25) is 11.8 Å². The van der Waals surface area contributed by atoms with Crippen LogP contribution in [-0.4, -0.2) is 37.4 Å². The zero-order chi connectivity index (χ0) is 21.0. The third-order valence-corrected chi connectivity index (χ3v) is 5.22. The van der Waals surface area contributed by atoms with Gasteiger partial charge in [-0.05, 0) is 43.2 Å². The normalized spacial score (nSPS) is 16.0. The van der Waals surface area contributed by atoms with E-state index in [2.05, 4.69) is 10.6 Å². The Balaban J connectivity index is 1.74. The molecule has 1 aliphatic rings. The van der Waals surface area contributed by atoms with Crippen LogP contribution in [-0.2, 0) is 9.59 Å². The van der Waals surface area contributed by atoms with Crippen molar-refractivity contribution in [3.05, 3.63) is 59.2 Å².